The highest BCUT2D eigenvalue weighted by molar-refractivity contribution is 6.06. The summed E-state index contributed by atoms with van der Waals surface area (Å²) in [7, 11) is 3.93. The van der Waals surface area contributed by atoms with E-state index in [1.54, 1.807) is 6.92 Å². The fraction of sp³-hybridized carbons (Fsp3) is 0.273. The second-order valence-corrected chi connectivity index (χ2v) is 7.39. The molecular formula is C22H26N4O2. The predicted octanol–water partition coefficient (Wildman–Crippen LogP) is 3.64. The molecule has 0 aromatic heterocycles. The molecule has 146 valence electrons. The lowest BCUT2D eigenvalue weighted by Crippen LogP contribution is -2.46. The lowest BCUT2D eigenvalue weighted by molar-refractivity contribution is -0.113. The van der Waals surface area contributed by atoms with E-state index in [0.717, 1.165) is 28.1 Å². The lowest BCUT2D eigenvalue weighted by atomic mass is 9.94. The van der Waals surface area contributed by atoms with E-state index >= 15 is 0 Å². The van der Waals surface area contributed by atoms with Crippen LogP contribution in [0.25, 0.3) is 0 Å². The van der Waals surface area contributed by atoms with Gasteiger partial charge in [-0.1, -0.05) is 18.2 Å². The van der Waals surface area contributed by atoms with Crippen LogP contribution >= 0.6 is 0 Å². The number of amides is 3. The molecule has 0 aliphatic carbocycles. The van der Waals surface area contributed by atoms with Gasteiger partial charge in [-0.2, -0.15) is 0 Å². The maximum absolute atomic E-state index is 13.1. The van der Waals surface area contributed by atoms with Crippen LogP contribution < -0.4 is 20.9 Å². The molecule has 2 aromatic carbocycles. The molecule has 2 aromatic rings. The molecule has 3 N–H and O–H groups in total. The summed E-state index contributed by atoms with van der Waals surface area (Å²) in [5.74, 6) is -0.239. The van der Waals surface area contributed by atoms with Crippen LogP contribution in [-0.4, -0.2) is 26.0 Å². The number of rotatable bonds is 4. The molecule has 0 unspecified atom stereocenters. The van der Waals surface area contributed by atoms with Gasteiger partial charge in [0.15, 0.2) is 0 Å². The number of urea groups is 1. The second-order valence-electron chi connectivity index (χ2n) is 7.39. The van der Waals surface area contributed by atoms with Crippen LogP contribution in [0.1, 0.15) is 29.7 Å². The average molecular weight is 378 g/mol. The first-order chi connectivity index (χ1) is 13.2. The molecule has 0 bridgehead atoms. The van der Waals surface area contributed by atoms with Crippen molar-refractivity contribution in [2.75, 3.05) is 24.3 Å². The van der Waals surface area contributed by atoms with E-state index in [2.05, 4.69) is 22.0 Å². The quantitative estimate of drug-likeness (QED) is 0.761. The van der Waals surface area contributed by atoms with Crippen molar-refractivity contribution in [3.05, 3.63) is 70.4 Å². The normalized spacial score (nSPS) is 16.3. The molecule has 28 heavy (non-hydrogen) atoms. The van der Waals surface area contributed by atoms with Crippen LogP contribution in [-0.2, 0) is 4.79 Å². The van der Waals surface area contributed by atoms with Crippen LogP contribution in [0.3, 0.4) is 0 Å². The summed E-state index contributed by atoms with van der Waals surface area (Å²) in [5.41, 5.74) is 5.83. The Morgan fingerprint density at radius 3 is 2.18 bits per heavy atom. The van der Waals surface area contributed by atoms with E-state index in [1.807, 2.05) is 69.2 Å². The van der Waals surface area contributed by atoms with Gasteiger partial charge in [0.1, 0.15) is 0 Å². The van der Waals surface area contributed by atoms with Crippen molar-refractivity contribution in [1.82, 2.24) is 10.6 Å². The smallest absolute Gasteiger partial charge is 0.319 e. The maximum atomic E-state index is 13.1. The highest BCUT2D eigenvalue weighted by Gasteiger charge is 2.31. The Labute approximate surface area is 165 Å². The topological polar surface area (TPSA) is 73.5 Å². The van der Waals surface area contributed by atoms with Crippen molar-refractivity contribution in [2.24, 2.45) is 0 Å². The van der Waals surface area contributed by atoms with E-state index in [0.29, 0.717) is 11.3 Å². The Bertz CT molecular complexity index is 925. The Morgan fingerprint density at radius 1 is 1.00 bits per heavy atom. The number of hydrogen-bond acceptors (Lipinski definition) is 3. The molecule has 0 spiro atoms. The summed E-state index contributed by atoms with van der Waals surface area (Å²) >= 11 is 0. The van der Waals surface area contributed by atoms with E-state index in [-0.39, 0.29) is 11.9 Å². The highest BCUT2D eigenvalue weighted by Crippen LogP contribution is 2.29. The molecule has 0 saturated heterocycles. The molecule has 6 nitrogen and oxygen atoms in total. The third-order valence-corrected chi connectivity index (χ3v) is 4.74. The Hall–Kier alpha value is -3.28. The maximum Gasteiger partial charge on any atom is 0.319 e. The van der Waals surface area contributed by atoms with Gasteiger partial charge in [0.05, 0.1) is 11.6 Å². The van der Waals surface area contributed by atoms with Gasteiger partial charge >= 0.3 is 6.03 Å². The van der Waals surface area contributed by atoms with Gasteiger partial charge in [0, 0.05) is 31.2 Å². The van der Waals surface area contributed by atoms with Gasteiger partial charge in [-0.3, -0.25) is 4.79 Å². The molecule has 1 heterocycles. The number of anilines is 2. The van der Waals surface area contributed by atoms with Gasteiger partial charge in [-0.05, 0) is 61.7 Å². The first-order valence-corrected chi connectivity index (χ1v) is 9.20. The Balaban J connectivity index is 1.93. The fourth-order valence-electron chi connectivity index (χ4n) is 3.46. The standard InChI is InChI=1S/C22H26N4O2/c1-13-10-14(2)12-17(11-13)24-21(27)19-15(3)23-22(28)25-20(19)16-6-8-18(9-7-16)26(4)5/h6-12,20H,1-5H3,(H,24,27)(H2,23,25,28)/t20-/m1/s1. The van der Waals surface area contributed by atoms with Gasteiger partial charge in [-0.25, -0.2) is 4.79 Å². The van der Waals surface area contributed by atoms with Crippen LogP contribution in [0.5, 0.6) is 0 Å². The van der Waals surface area contributed by atoms with Crippen molar-refractivity contribution in [2.45, 2.75) is 26.8 Å². The van der Waals surface area contributed by atoms with E-state index < -0.39 is 6.04 Å². The number of carbonyl (C=O) groups excluding carboxylic acids is 2. The number of nitrogens with zero attached hydrogens (tertiary/aromatic N) is 1. The zero-order valence-corrected chi connectivity index (χ0v) is 16.9. The summed E-state index contributed by atoms with van der Waals surface area (Å²) < 4.78 is 0. The molecule has 0 radical (unpaired) electrons. The van der Waals surface area contributed by atoms with Crippen molar-refractivity contribution >= 4 is 23.3 Å². The molecule has 1 aliphatic heterocycles. The molecule has 3 amide bonds. The van der Waals surface area contributed by atoms with Crippen LogP contribution in [0.4, 0.5) is 16.2 Å². The van der Waals surface area contributed by atoms with Crippen molar-refractivity contribution < 1.29 is 9.59 Å². The fourth-order valence-corrected chi connectivity index (χ4v) is 3.46. The minimum absolute atomic E-state index is 0.239. The molecule has 3 rings (SSSR count). The van der Waals surface area contributed by atoms with Gasteiger partial charge in [0.2, 0.25) is 0 Å². The van der Waals surface area contributed by atoms with Crippen LogP contribution in [0.2, 0.25) is 0 Å². The van der Waals surface area contributed by atoms with Gasteiger partial charge in [-0.15, -0.1) is 0 Å². The summed E-state index contributed by atoms with van der Waals surface area (Å²) in [5, 5.41) is 8.55. The summed E-state index contributed by atoms with van der Waals surface area (Å²) in [4.78, 5) is 27.1. The summed E-state index contributed by atoms with van der Waals surface area (Å²) in [6.45, 7) is 5.73. The number of hydrogen-bond donors (Lipinski definition) is 3. The minimum atomic E-state index is -0.518. The molecule has 6 heteroatoms. The van der Waals surface area contributed by atoms with Gasteiger partial charge in [0.25, 0.3) is 5.91 Å². The predicted molar refractivity (Wildman–Crippen MR) is 112 cm³/mol. The molecule has 1 atom stereocenters. The average Bonchev–Trinajstić information content (AvgIpc) is 2.60. The van der Waals surface area contributed by atoms with Crippen LogP contribution in [0.15, 0.2) is 53.7 Å². The number of allylic oxidation sites excluding steroid dienone is 1. The first-order valence-electron chi connectivity index (χ1n) is 9.20. The Kier molecular flexibility index (Phi) is 5.40. The monoisotopic (exact) mass is 378 g/mol. The van der Waals surface area contributed by atoms with E-state index in [1.165, 1.54) is 0 Å². The first kappa shape index (κ1) is 19.5. The van der Waals surface area contributed by atoms with Crippen molar-refractivity contribution in [3.63, 3.8) is 0 Å². The Morgan fingerprint density at radius 2 is 1.61 bits per heavy atom. The molecule has 1 aliphatic rings. The largest absolute Gasteiger partial charge is 0.378 e. The summed E-state index contributed by atoms with van der Waals surface area (Å²) in [6, 6.07) is 12.9. The summed E-state index contributed by atoms with van der Waals surface area (Å²) in [6.07, 6.45) is 0. The SMILES string of the molecule is CC1=C(C(=O)Nc2cc(C)cc(C)c2)[C@@H](c2ccc(N(C)C)cc2)NC(=O)N1. The number of aryl methyl sites for hydroxylation is 2. The molecular weight excluding hydrogens is 352 g/mol. The van der Waals surface area contributed by atoms with Crippen LogP contribution in [0, 0.1) is 13.8 Å². The third-order valence-electron chi connectivity index (χ3n) is 4.74. The minimum Gasteiger partial charge on any atom is -0.378 e. The number of nitrogens with one attached hydrogen (secondary N) is 3. The third kappa shape index (κ3) is 4.17. The van der Waals surface area contributed by atoms with E-state index in [9.17, 15) is 9.59 Å². The molecule has 0 saturated carbocycles. The second kappa shape index (κ2) is 7.76. The van der Waals surface area contributed by atoms with Crippen molar-refractivity contribution in [1.29, 1.82) is 0 Å². The highest BCUT2D eigenvalue weighted by atomic mass is 16.2. The van der Waals surface area contributed by atoms with Crippen molar-refractivity contribution in [3.8, 4) is 0 Å². The molecule has 0 fully saturated rings. The lowest BCUT2D eigenvalue weighted by Gasteiger charge is -2.29. The zero-order chi connectivity index (χ0) is 20.4. The van der Waals surface area contributed by atoms with Gasteiger partial charge < -0.3 is 20.9 Å². The van der Waals surface area contributed by atoms with E-state index in [4.69, 9.17) is 0 Å². The number of carbonyl (C=O) groups is 2. The zero-order valence-electron chi connectivity index (χ0n) is 16.9. The number of benzene rings is 2.